The summed E-state index contributed by atoms with van der Waals surface area (Å²) in [6.07, 6.45) is 7.87. The number of hydrogen-bond acceptors (Lipinski definition) is 2. The number of rotatable bonds is 8. The average Bonchev–Trinajstić information content (AvgIpc) is 2.77. The average molecular weight is 276 g/mol. The van der Waals surface area contributed by atoms with Gasteiger partial charge in [-0.2, -0.15) is 0 Å². The Bertz CT molecular complexity index is 501. The van der Waals surface area contributed by atoms with Crippen molar-refractivity contribution in [2.24, 2.45) is 0 Å². The predicted octanol–water partition coefficient (Wildman–Crippen LogP) is 5.95. The van der Waals surface area contributed by atoms with Crippen molar-refractivity contribution in [2.75, 3.05) is 6.61 Å². The number of thiophene rings is 1. The summed E-state index contributed by atoms with van der Waals surface area (Å²) in [6.45, 7) is 5.26. The van der Waals surface area contributed by atoms with Gasteiger partial charge in [0.1, 0.15) is 5.75 Å². The molecule has 2 rings (SSSR count). The second-order valence-electron chi connectivity index (χ2n) is 5.17. The van der Waals surface area contributed by atoms with Crippen molar-refractivity contribution in [1.29, 1.82) is 0 Å². The SMILES string of the molecule is CCCCCCCCOc1ccc2sc(C)cc2c1. The molecule has 0 amide bonds. The van der Waals surface area contributed by atoms with E-state index in [-0.39, 0.29) is 0 Å². The van der Waals surface area contributed by atoms with Crippen LogP contribution in [0.5, 0.6) is 5.75 Å². The minimum atomic E-state index is 0.848. The highest BCUT2D eigenvalue weighted by Crippen LogP contribution is 2.28. The van der Waals surface area contributed by atoms with Crippen LogP contribution in [0.15, 0.2) is 24.3 Å². The highest BCUT2D eigenvalue weighted by Gasteiger charge is 2.00. The second kappa shape index (κ2) is 7.54. The van der Waals surface area contributed by atoms with Crippen LogP contribution in [0, 0.1) is 6.92 Å². The van der Waals surface area contributed by atoms with Gasteiger partial charge >= 0.3 is 0 Å². The molecule has 0 unspecified atom stereocenters. The number of fused-ring (bicyclic) bond motifs is 1. The first kappa shape index (κ1) is 14.4. The van der Waals surface area contributed by atoms with Crippen LogP contribution in [0.25, 0.3) is 10.1 Å². The molecule has 2 heteroatoms. The Morgan fingerprint density at radius 3 is 2.63 bits per heavy atom. The van der Waals surface area contributed by atoms with Gasteiger partial charge in [-0.25, -0.2) is 0 Å². The van der Waals surface area contributed by atoms with Gasteiger partial charge in [-0.1, -0.05) is 39.0 Å². The van der Waals surface area contributed by atoms with Gasteiger partial charge in [-0.3, -0.25) is 0 Å². The summed E-state index contributed by atoms with van der Waals surface area (Å²) >= 11 is 1.84. The Balaban J connectivity index is 1.72. The van der Waals surface area contributed by atoms with Crippen molar-refractivity contribution in [3.63, 3.8) is 0 Å². The summed E-state index contributed by atoms with van der Waals surface area (Å²) in [5.41, 5.74) is 0. The van der Waals surface area contributed by atoms with Crippen molar-refractivity contribution < 1.29 is 4.74 Å². The molecule has 19 heavy (non-hydrogen) atoms. The summed E-state index contributed by atoms with van der Waals surface area (Å²) in [5, 5.41) is 1.31. The molecule has 0 aliphatic heterocycles. The molecule has 1 heterocycles. The fraction of sp³-hybridized carbons (Fsp3) is 0.529. The zero-order valence-electron chi connectivity index (χ0n) is 12.1. The number of ether oxygens (including phenoxy) is 1. The molecule has 0 atom stereocenters. The van der Waals surface area contributed by atoms with E-state index in [4.69, 9.17) is 4.74 Å². The molecule has 1 aromatic heterocycles. The number of aryl methyl sites for hydroxylation is 1. The largest absolute Gasteiger partial charge is 0.494 e. The highest BCUT2D eigenvalue weighted by molar-refractivity contribution is 7.19. The molecule has 0 N–H and O–H groups in total. The Kier molecular flexibility index (Phi) is 5.71. The molecule has 0 fully saturated rings. The second-order valence-corrected chi connectivity index (χ2v) is 6.46. The smallest absolute Gasteiger partial charge is 0.119 e. The summed E-state index contributed by atoms with van der Waals surface area (Å²) in [5.74, 6) is 1.01. The van der Waals surface area contributed by atoms with E-state index in [1.807, 2.05) is 11.3 Å². The minimum Gasteiger partial charge on any atom is -0.494 e. The van der Waals surface area contributed by atoms with Crippen LogP contribution in [0.2, 0.25) is 0 Å². The van der Waals surface area contributed by atoms with Gasteiger partial charge in [0.15, 0.2) is 0 Å². The fourth-order valence-electron chi connectivity index (χ4n) is 2.32. The van der Waals surface area contributed by atoms with Crippen LogP contribution in [-0.2, 0) is 0 Å². The van der Waals surface area contributed by atoms with Gasteiger partial charge in [-0.05, 0) is 43.0 Å². The molecule has 0 radical (unpaired) electrons. The maximum atomic E-state index is 5.83. The van der Waals surface area contributed by atoms with E-state index >= 15 is 0 Å². The fourth-order valence-corrected chi connectivity index (χ4v) is 3.22. The Hall–Kier alpha value is -1.02. The summed E-state index contributed by atoms with van der Waals surface area (Å²) in [6, 6.07) is 8.66. The van der Waals surface area contributed by atoms with Crippen LogP contribution >= 0.6 is 11.3 Å². The molecule has 0 saturated carbocycles. The number of hydrogen-bond donors (Lipinski definition) is 0. The van der Waals surface area contributed by atoms with Crippen LogP contribution in [0.3, 0.4) is 0 Å². The van der Waals surface area contributed by atoms with Gasteiger partial charge in [0.2, 0.25) is 0 Å². The summed E-state index contributed by atoms with van der Waals surface area (Å²) in [7, 11) is 0. The maximum absolute atomic E-state index is 5.83. The van der Waals surface area contributed by atoms with E-state index in [2.05, 4.69) is 38.1 Å². The first-order valence-corrected chi connectivity index (χ1v) is 8.24. The summed E-state index contributed by atoms with van der Waals surface area (Å²) in [4.78, 5) is 1.36. The lowest BCUT2D eigenvalue weighted by Crippen LogP contribution is -1.96. The standard InChI is InChI=1S/C17H24OS/c1-3-4-5-6-7-8-11-18-16-9-10-17-15(13-16)12-14(2)19-17/h9-10,12-13H,3-8,11H2,1-2H3. The molecular weight excluding hydrogens is 252 g/mol. The molecule has 0 spiro atoms. The molecule has 0 saturated heterocycles. The third-order valence-corrected chi connectivity index (χ3v) is 4.41. The van der Waals surface area contributed by atoms with E-state index in [9.17, 15) is 0 Å². The predicted molar refractivity (Wildman–Crippen MR) is 85.4 cm³/mol. The van der Waals surface area contributed by atoms with Crippen LogP contribution in [-0.4, -0.2) is 6.61 Å². The van der Waals surface area contributed by atoms with Gasteiger partial charge < -0.3 is 4.74 Å². The first-order chi connectivity index (χ1) is 9.29. The monoisotopic (exact) mass is 276 g/mol. The molecule has 0 aliphatic rings. The lowest BCUT2D eigenvalue weighted by Gasteiger charge is -2.06. The topological polar surface area (TPSA) is 9.23 Å². The zero-order valence-corrected chi connectivity index (χ0v) is 12.9. The Labute approximate surface area is 120 Å². The Morgan fingerprint density at radius 1 is 1.00 bits per heavy atom. The zero-order chi connectivity index (χ0) is 13.5. The molecule has 2 aromatic rings. The third kappa shape index (κ3) is 4.54. The van der Waals surface area contributed by atoms with Crippen molar-refractivity contribution in [3.8, 4) is 5.75 Å². The van der Waals surface area contributed by atoms with Crippen molar-refractivity contribution in [3.05, 3.63) is 29.1 Å². The van der Waals surface area contributed by atoms with Gasteiger partial charge in [0.25, 0.3) is 0 Å². The van der Waals surface area contributed by atoms with Gasteiger partial charge in [0, 0.05) is 9.58 Å². The van der Waals surface area contributed by atoms with Crippen molar-refractivity contribution in [1.82, 2.24) is 0 Å². The molecule has 1 aromatic carbocycles. The van der Waals surface area contributed by atoms with E-state index < -0.39 is 0 Å². The molecule has 0 bridgehead atoms. The van der Waals surface area contributed by atoms with Crippen molar-refractivity contribution >= 4 is 21.4 Å². The normalized spacial score (nSPS) is 11.1. The van der Waals surface area contributed by atoms with Crippen molar-refractivity contribution in [2.45, 2.75) is 52.4 Å². The van der Waals surface area contributed by atoms with Crippen LogP contribution in [0.1, 0.15) is 50.3 Å². The minimum absolute atomic E-state index is 0.848. The first-order valence-electron chi connectivity index (χ1n) is 7.42. The molecular formula is C17H24OS. The Morgan fingerprint density at radius 2 is 1.79 bits per heavy atom. The van der Waals surface area contributed by atoms with Crippen LogP contribution < -0.4 is 4.74 Å². The lowest BCUT2D eigenvalue weighted by molar-refractivity contribution is 0.305. The summed E-state index contributed by atoms with van der Waals surface area (Å²) < 4.78 is 7.19. The van der Waals surface area contributed by atoms with Gasteiger partial charge in [0.05, 0.1) is 6.61 Å². The maximum Gasteiger partial charge on any atom is 0.119 e. The van der Waals surface area contributed by atoms with E-state index in [1.165, 1.54) is 53.5 Å². The molecule has 1 nitrogen and oxygen atoms in total. The highest BCUT2D eigenvalue weighted by atomic mass is 32.1. The van der Waals surface area contributed by atoms with E-state index in [0.717, 1.165) is 12.4 Å². The van der Waals surface area contributed by atoms with E-state index in [0.29, 0.717) is 0 Å². The van der Waals surface area contributed by atoms with Crippen LogP contribution in [0.4, 0.5) is 0 Å². The lowest BCUT2D eigenvalue weighted by atomic mass is 10.1. The quantitative estimate of drug-likeness (QED) is 0.541. The molecule has 104 valence electrons. The number of benzene rings is 1. The van der Waals surface area contributed by atoms with E-state index in [1.54, 1.807) is 0 Å². The number of unbranched alkanes of at least 4 members (excludes halogenated alkanes) is 5. The van der Waals surface area contributed by atoms with Gasteiger partial charge in [-0.15, -0.1) is 11.3 Å². The molecule has 0 aliphatic carbocycles. The third-order valence-electron chi connectivity index (χ3n) is 3.38.